The van der Waals surface area contributed by atoms with Crippen LogP contribution in [0, 0.1) is 0 Å². The first-order valence-corrected chi connectivity index (χ1v) is 26.8. The Balaban J connectivity index is 0.000000440. The maximum atomic E-state index is 12.1. The Hall–Kier alpha value is -2.84. The monoisotopic (exact) mass is 962 g/mol. The quantitative estimate of drug-likeness (QED) is 0.0272. The van der Waals surface area contributed by atoms with E-state index in [0.29, 0.717) is 11.5 Å². The molecule has 0 aliphatic rings. The zero-order valence-corrected chi connectivity index (χ0v) is 43.0. The molecule has 356 valence electrons. The van der Waals surface area contributed by atoms with Crippen molar-refractivity contribution in [1.29, 1.82) is 0 Å². The Morgan fingerprint density at radius 2 is 0.815 bits per heavy atom. The molecule has 2 N–H and O–H groups in total. The van der Waals surface area contributed by atoms with Crippen LogP contribution in [0.5, 0.6) is 34.5 Å². The third-order valence-corrected chi connectivity index (χ3v) is 13.2. The second-order valence-corrected chi connectivity index (χ2v) is 19.6. The molecule has 0 radical (unpaired) electrons. The van der Waals surface area contributed by atoms with E-state index in [4.69, 9.17) is 9.47 Å². The first kappa shape index (κ1) is 58.3. The molecule has 0 saturated heterocycles. The minimum atomic E-state index is -4.80. The summed E-state index contributed by atoms with van der Waals surface area (Å²) >= 11 is 0. The van der Waals surface area contributed by atoms with E-state index in [9.17, 15) is 36.2 Å². The molecule has 0 amide bonds. The smallest absolute Gasteiger partial charge is 0.870 e. The predicted molar refractivity (Wildman–Crippen MR) is 260 cm³/mol. The van der Waals surface area contributed by atoms with E-state index < -0.39 is 41.5 Å². The first-order valence-electron chi connectivity index (χ1n) is 23.9. The number of hydrogen-bond acceptors (Lipinski definition) is 9. The summed E-state index contributed by atoms with van der Waals surface area (Å²) in [5, 5.41) is 22.2. The van der Waals surface area contributed by atoms with Gasteiger partial charge in [-0.25, -0.2) is 8.42 Å². The van der Waals surface area contributed by atoms with Gasteiger partial charge in [0.2, 0.25) is 0 Å². The zero-order valence-electron chi connectivity index (χ0n) is 39.2. The van der Waals surface area contributed by atoms with Gasteiger partial charge in [-0.2, -0.15) is 8.42 Å². The fourth-order valence-electron chi connectivity index (χ4n) is 7.76. The van der Waals surface area contributed by atoms with Crippen LogP contribution in [0.2, 0.25) is 0 Å². The molecule has 4 aromatic carbocycles. The van der Waals surface area contributed by atoms with Crippen molar-refractivity contribution in [2.24, 2.45) is 0 Å². The van der Waals surface area contributed by atoms with Gasteiger partial charge >= 0.3 is 37.7 Å². The van der Waals surface area contributed by atoms with Gasteiger partial charge in [-0.1, -0.05) is 215 Å². The summed E-state index contributed by atoms with van der Waals surface area (Å²) < 4.78 is 78.7. The number of ether oxygens (including phenoxy) is 2. The first-order chi connectivity index (χ1) is 30.9. The molecule has 0 saturated carbocycles. The van der Waals surface area contributed by atoms with E-state index in [2.05, 4.69) is 13.8 Å². The van der Waals surface area contributed by atoms with Crippen molar-refractivity contribution < 1.29 is 45.6 Å². The third kappa shape index (κ3) is 23.6. The van der Waals surface area contributed by atoms with Crippen LogP contribution in [0.25, 0.3) is 0 Å². The van der Waals surface area contributed by atoms with Crippen LogP contribution in [-0.4, -0.2) is 68.8 Å². The SMILES string of the molecule is CCCCCCCCCCCCCCc1ccccc1Oc1c(O)cccc1S(=O)(=O)O.CCCCCCCCCCCCCCc1ccccc1Oc1c([O-])cccc1S(=O)(=O)[O-].[Ca+2]. The van der Waals surface area contributed by atoms with E-state index >= 15 is 0 Å². The van der Waals surface area contributed by atoms with Crippen LogP contribution in [-0.2, 0) is 33.1 Å². The molecule has 0 aliphatic heterocycles. The maximum absolute atomic E-state index is 12.1. The van der Waals surface area contributed by atoms with E-state index in [1.807, 2.05) is 24.3 Å². The van der Waals surface area contributed by atoms with Crippen molar-refractivity contribution in [2.75, 3.05) is 0 Å². The van der Waals surface area contributed by atoms with Gasteiger partial charge in [-0.15, -0.1) is 0 Å². The minimum absolute atomic E-state index is 0. The van der Waals surface area contributed by atoms with E-state index in [-0.39, 0.29) is 49.2 Å². The average molecular weight is 963 g/mol. The molecule has 13 heteroatoms. The molecule has 4 rings (SSSR count). The van der Waals surface area contributed by atoms with Crippen LogP contribution in [0.3, 0.4) is 0 Å². The molecule has 0 atom stereocenters. The average Bonchev–Trinajstić information content (AvgIpc) is 3.26. The third-order valence-electron chi connectivity index (χ3n) is 11.4. The Labute approximate surface area is 421 Å². The summed E-state index contributed by atoms with van der Waals surface area (Å²) in [6.45, 7) is 4.49. The largest absolute Gasteiger partial charge is 2.00 e. The Morgan fingerprint density at radius 1 is 0.462 bits per heavy atom. The molecule has 0 unspecified atom stereocenters. The van der Waals surface area contributed by atoms with Gasteiger partial charge in [0.1, 0.15) is 32.3 Å². The second kappa shape index (κ2) is 33.6. The van der Waals surface area contributed by atoms with E-state index in [0.717, 1.165) is 55.7 Å². The fraction of sp³-hybridized carbons (Fsp3) is 0.538. The molecular formula is C52H74CaO10S2. The topological polar surface area (TPSA) is 173 Å². The number of phenolic OH excluding ortho intramolecular Hbond substituents is 1. The molecule has 10 nitrogen and oxygen atoms in total. The van der Waals surface area contributed by atoms with Gasteiger partial charge in [0.15, 0.2) is 11.5 Å². The number of phenols is 1. The van der Waals surface area contributed by atoms with Crippen molar-refractivity contribution in [3.05, 3.63) is 96.1 Å². The van der Waals surface area contributed by atoms with Gasteiger partial charge in [0, 0.05) is 0 Å². The Bertz CT molecular complexity index is 1970. The van der Waals surface area contributed by atoms with Crippen molar-refractivity contribution >= 4 is 58.0 Å². The zero-order chi connectivity index (χ0) is 46.5. The summed E-state index contributed by atoms with van der Waals surface area (Å²) in [5.41, 5.74) is 1.85. The molecule has 4 aromatic rings. The number of aryl methyl sites for hydroxylation is 2. The molecule has 65 heavy (non-hydrogen) atoms. The van der Waals surface area contributed by atoms with E-state index in [1.54, 1.807) is 24.3 Å². The molecule has 0 aliphatic carbocycles. The molecule has 0 fully saturated rings. The molecule has 0 aromatic heterocycles. The fourth-order valence-corrected chi connectivity index (χ4v) is 9.00. The normalized spacial score (nSPS) is 11.4. The number of unbranched alkanes of at least 4 members (excludes halogenated alkanes) is 22. The standard InChI is InChI=1S/2C26H38O5S.Ca/c2*1-2-3-4-5-6-7-8-9-10-11-12-13-17-22-18-14-15-20-24(22)31-26-23(27)19-16-21-25(26)32(28,29)30;/h2*14-16,18-21,27H,2-13,17H2,1H3,(H,28,29,30);/q;;+2/p-2. The summed E-state index contributed by atoms with van der Waals surface area (Å²) in [6.07, 6.45) is 32.3. The summed E-state index contributed by atoms with van der Waals surface area (Å²) in [6, 6.07) is 22.1. The minimum Gasteiger partial charge on any atom is -0.870 e. The Morgan fingerprint density at radius 3 is 1.22 bits per heavy atom. The van der Waals surface area contributed by atoms with Crippen LogP contribution in [0.4, 0.5) is 0 Å². The van der Waals surface area contributed by atoms with Gasteiger partial charge < -0.3 is 24.2 Å². The maximum Gasteiger partial charge on any atom is 2.00 e. The van der Waals surface area contributed by atoms with Crippen LogP contribution < -0.4 is 14.6 Å². The Kier molecular flexibility index (Phi) is 30.1. The van der Waals surface area contributed by atoms with E-state index in [1.165, 1.54) is 159 Å². The second-order valence-electron chi connectivity index (χ2n) is 16.8. The number of hydrogen-bond donors (Lipinski definition) is 2. The van der Waals surface area contributed by atoms with Gasteiger partial charge in [0.05, 0.1) is 4.90 Å². The number of benzene rings is 4. The van der Waals surface area contributed by atoms with Gasteiger partial charge in [-0.3, -0.25) is 4.55 Å². The van der Waals surface area contributed by atoms with Crippen molar-refractivity contribution in [1.82, 2.24) is 0 Å². The number of rotatable bonds is 32. The van der Waals surface area contributed by atoms with Crippen molar-refractivity contribution in [3.8, 4) is 34.5 Å². The van der Waals surface area contributed by atoms with Crippen molar-refractivity contribution in [3.63, 3.8) is 0 Å². The molecule has 0 heterocycles. The van der Waals surface area contributed by atoms with Gasteiger partial charge in [0.25, 0.3) is 10.1 Å². The molecular weight excluding hydrogens is 889 g/mol. The summed E-state index contributed by atoms with van der Waals surface area (Å²) in [5.74, 6) is -0.727. The van der Waals surface area contributed by atoms with Crippen LogP contribution in [0.15, 0.2) is 94.7 Å². The summed E-state index contributed by atoms with van der Waals surface area (Å²) in [4.78, 5) is -1.07. The van der Waals surface area contributed by atoms with Gasteiger partial charge in [-0.05, 0) is 67.1 Å². The summed E-state index contributed by atoms with van der Waals surface area (Å²) in [7, 11) is -9.32. The number of para-hydroxylation sites is 4. The predicted octanol–water partition coefficient (Wildman–Crippen LogP) is 14.0. The molecule has 0 spiro atoms. The van der Waals surface area contributed by atoms with Crippen LogP contribution in [0.1, 0.15) is 179 Å². The number of aromatic hydroxyl groups is 1. The van der Waals surface area contributed by atoms with Crippen LogP contribution >= 0.6 is 0 Å². The molecule has 0 bridgehead atoms. The van der Waals surface area contributed by atoms with Crippen molar-refractivity contribution in [2.45, 2.75) is 191 Å².